The van der Waals surface area contributed by atoms with Gasteiger partial charge in [0.1, 0.15) is 11.6 Å². The maximum absolute atomic E-state index is 5.42. The van der Waals surface area contributed by atoms with Crippen molar-refractivity contribution in [2.75, 3.05) is 6.54 Å². The molecule has 1 aromatic carbocycles. The summed E-state index contributed by atoms with van der Waals surface area (Å²) in [5, 5.41) is 8.64. The molecule has 1 fully saturated rings. The Morgan fingerprint density at radius 1 is 1.16 bits per heavy atom. The molecule has 0 spiro atoms. The van der Waals surface area contributed by atoms with Gasteiger partial charge in [-0.15, -0.1) is 0 Å². The highest BCUT2D eigenvalue weighted by molar-refractivity contribution is 5.51. The van der Waals surface area contributed by atoms with E-state index in [1.807, 2.05) is 48.9 Å². The number of likely N-dealkylation sites (tertiary alicyclic amines) is 1. The van der Waals surface area contributed by atoms with E-state index in [2.05, 4.69) is 25.1 Å². The van der Waals surface area contributed by atoms with Crippen LogP contribution in [0.4, 0.5) is 0 Å². The quantitative estimate of drug-likeness (QED) is 0.712. The van der Waals surface area contributed by atoms with Gasteiger partial charge >= 0.3 is 0 Å². The summed E-state index contributed by atoms with van der Waals surface area (Å²) in [6.07, 6.45) is 2.34. The van der Waals surface area contributed by atoms with Crippen molar-refractivity contribution in [2.45, 2.75) is 45.8 Å². The third kappa shape index (κ3) is 3.46. The van der Waals surface area contributed by atoms with Gasteiger partial charge < -0.3 is 4.52 Å². The van der Waals surface area contributed by atoms with Crippen LogP contribution in [0.5, 0.6) is 0 Å². The van der Waals surface area contributed by atoms with Gasteiger partial charge in [-0.25, -0.2) is 9.67 Å². The summed E-state index contributed by atoms with van der Waals surface area (Å²) in [6.45, 7) is 6.54. The van der Waals surface area contributed by atoms with E-state index in [9.17, 15) is 0 Å². The van der Waals surface area contributed by atoms with Crippen molar-refractivity contribution >= 4 is 0 Å². The van der Waals surface area contributed by atoms with Crippen molar-refractivity contribution in [3.8, 4) is 11.5 Å². The second-order valence-corrected chi connectivity index (χ2v) is 6.54. The van der Waals surface area contributed by atoms with E-state index < -0.39 is 0 Å². The Morgan fingerprint density at radius 3 is 2.76 bits per heavy atom. The topological polar surface area (TPSA) is 72.9 Å². The molecule has 0 unspecified atom stereocenters. The summed E-state index contributed by atoms with van der Waals surface area (Å²) in [7, 11) is 0. The number of aryl methyl sites for hydroxylation is 2. The van der Waals surface area contributed by atoms with Crippen LogP contribution in [0.3, 0.4) is 0 Å². The maximum atomic E-state index is 5.42. The Bertz CT molecular complexity index is 840. The van der Waals surface area contributed by atoms with Gasteiger partial charge in [0.05, 0.1) is 13.1 Å². The Balaban J connectivity index is 1.45. The zero-order chi connectivity index (χ0) is 17.2. The summed E-state index contributed by atoms with van der Waals surface area (Å²) in [4.78, 5) is 11.4. The number of rotatable bonds is 5. The molecule has 0 saturated carbocycles. The standard InChI is InChI=1S/C18H22N6O/c1-13-19-14(2)24(21-13)11-16-9-6-10-23(16)12-17-20-18(25-22-17)15-7-4-3-5-8-15/h3-5,7-8,16H,6,9-12H2,1-2H3/t16-/m0/s1. The molecule has 1 aliphatic rings. The lowest BCUT2D eigenvalue weighted by Crippen LogP contribution is -2.33. The number of aromatic nitrogens is 5. The molecule has 25 heavy (non-hydrogen) atoms. The molecular weight excluding hydrogens is 316 g/mol. The third-order valence-corrected chi connectivity index (χ3v) is 4.68. The molecule has 7 nitrogen and oxygen atoms in total. The molecule has 2 aromatic heterocycles. The highest BCUT2D eigenvalue weighted by atomic mass is 16.5. The number of benzene rings is 1. The van der Waals surface area contributed by atoms with Gasteiger partial charge in [-0.2, -0.15) is 10.1 Å². The molecule has 0 aliphatic carbocycles. The molecule has 4 rings (SSSR count). The first kappa shape index (κ1) is 16.0. The van der Waals surface area contributed by atoms with Crippen LogP contribution in [0.2, 0.25) is 0 Å². The Kier molecular flexibility index (Phi) is 4.31. The molecular formula is C18H22N6O. The maximum Gasteiger partial charge on any atom is 0.257 e. The van der Waals surface area contributed by atoms with Crippen LogP contribution in [-0.2, 0) is 13.1 Å². The molecule has 130 valence electrons. The molecule has 7 heteroatoms. The van der Waals surface area contributed by atoms with E-state index in [-0.39, 0.29) is 0 Å². The van der Waals surface area contributed by atoms with Crippen LogP contribution >= 0.6 is 0 Å². The molecule has 0 amide bonds. The fourth-order valence-corrected chi connectivity index (χ4v) is 3.44. The van der Waals surface area contributed by atoms with E-state index in [1.165, 1.54) is 6.42 Å². The second kappa shape index (κ2) is 6.76. The van der Waals surface area contributed by atoms with Crippen LogP contribution in [0.1, 0.15) is 30.3 Å². The molecule has 1 atom stereocenters. The molecule has 3 heterocycles. The van der Waals surface area contributed by atoms with E-state index in [1.54, 1.807) is 0 Å². The summed E-state index contributed by atoms with van der Waals surface area (Å²) in [5.74, 6) is 3.11. The largest absolute Gasteiger partial charge is 0.334 e. The molecule has 0 bridgehead atoms. The van der Waals surface area contributed by atoms with Gasteiger partial charge in [0.15, 0.2) is 5.82 Å². The highest BCUT2D eigenvalue weighted by Crippen LogP contribution is 2.22. The van der Waals surface area contributed by atoms with Crippen molar-refractivity contribution in [2.24, 2.45) is 0 Å². The molecule has 0 radical (unpaired) electrons. The number of nitrogens with zero attached hydrogens (tertiary/aromatic N) is 6. The molecule has 3 aromatic rings. The number of hydrogen-bond acceptors (Lipinski definition) is 6. The third-order valence-electron chi connectivity index (χ3n) is 4.68. The van der Waals surface area contributed by atoms with Gasteiger partial charge in [-0.3, -0.25) is 4.90 Å². The lowest BCUT2D eigenvalue weighted by Gasteiger charge is -2.23. The summed E-state index contributed by atoms with van der Waals surface area (Å²) >= 11 is 0. The normalized spacial score (nSPS) is 18.1. The van der Waals surface area contributed by atoms with E-state index >= 15 is 0 Å². The minimum absolute atomic E-state index is 0.429. The Hall–Kier alpha value is -2.54. The molecule has 0 N–H and O–H groups in total. The van der Waals surface area contributed by atoms with Crippen LogP contribution in [-0.4, -0.2) is 42.4 Å². The lowest BCUT2D eigenvalue weighted by atomic mass is 10.2. The van der Waals surface area contributed by atoms with Crippen molar-refractivity contribution in [1.82, 2.24) is 29.8 Å². The fourth-order valence-electron chi connectivity index (χ4n) is 3.44. The van der Waals surface area contributed by atoms with Crippen LogP contribution < -0.4 is 0 Å². The Labute approximate surface area is 146 Å². The van der Waals surface area contributed by atoms with Crippen LogP contribution in [0, 0.1) is 13.8 Å². The number of hydrogen-bond donors (Lipinski definition) is 0. The van der Waals surface area contributed by atoms with Crippen LogP contribution in [0.15, 0.2) is 34.9 Å². The van der Waals surface area contributed by atoms with Crippen molar-refractivity contribution in [3.05, 3.63) is 47.8 Å². The van der Waals surface area contributed by atoms with Gasteiger partial charge in [0.2, 0.25) is 0 Å². The van der Waals surface area contributed by atoms with Gasteiger partial charge in [0, 0.05) is 11.6 Å². The second-order valence-electron chi connectivity index (χ2n) is 6.54. The average Bonchev–Trinajstić information content (AvgIpc) is 3.32. The first-order valence-electron chi connectivity index (χ1n) is 8.69. The average molecular weight is 338 g/mol. The smallest absolute Gasteiger partial charge is 0.257 e. The monoisotopic (exact) mass is 338 g/mol. The molecule has 1 aliphatic heterocycles. The van der Waals surface area contributed by atoms with E-state index in [4.69, 9.17) is 4.52 Å². The predicted molar refractivity (Wildman–Crippen MR) is 92.7 cm³/mol. The Morgan fingerprint density at radius 2 is 2.00 bits per heavy atom. The van der Waals surface area contributed by atoms with Crippen molar-refractivity contribution in [3.63, 3.8) is 0 Å². The summed E-state index contributed by atoms with van der Waals surface area (Å²) in [6, 6.07) is 10.3. The van der Waals surface area contributed by atoms with Crippen LogP contribution in [0.25, 0.3) is 11.5 Å². The first-order chi connectivity index (χ1) is 12.2. The van der Waals surface area contributed by atoms with Crippen molar-refractivity contribution in [1.29, 1.82) is 0 Å². The van der Waals surface area contributed by atoms with Crippen molar-refractivity contribution < 1.29 is 4.52 Å². The SMILES string of the molecule is Cc1nc(C)n(C[C@@H]2CCCN2Cc2noc(-c3ccccc3)n2)n1. The zero-order valence-electron chi connectivity index (χ0n) is 14.6. The van der Waals surface area contributed by atoms with E-state index in [0.29, 0.717) is 18.5 Å². The van der Waals surface area contributed by atoms with Gasteiger partial charge in [0.25, 0.3) is 5.89 Å². The minimum atomic E-state index is 0.429. The predicted octanol–water partition coefficient (Wildman–Crippen LogP) is 2.61. The minimum Gasteiger partial charge on any atom is -0.334 e. The zero-order valence-corrected chi connectivity index (χ0v) is 14.6. The fraction of sp³-hybridized carbons (Fsp3) is 0.444. The van der Waals surface area contributed by atoms with E-state index in [0.717, 1.165) is 42.5 Å². The first-order valence-corrected chi connectivity index (χ1v) is 8.69. The molecule has 1 saturated heterocycles. The summed E-state index contributed by atoms with van der Waals surface area (Å²) in [5.41, 5.74) is 0.952. The highest BCUT2D eigenvalue weighted by Gasteiger charge is 2.27. The van der Waals surface area contributed by atoms with Gasteiger partial charge in [-0.05, 0) is 45.4 Å². The summed E-state index contributed by atoms with van der Waals surface area (Å²) < 4.78 is 7.43. The lowest BCUT2D eigenvalue weighted by molar-refractivity contribution is 0.210. The van der Waals surface area contributed by atoms with Gasteiger partial charge in [-0.1, -0.05) is 23.4 Å².